The molecule has 1 aliphatic heterocycles. The Kier molecular flexibility index (Phi) is 6.77. The molecule has 0 bridgehead atoms. The van der Waals surface area contributed by atoms with Crippen molar-refractivity contribution in [1.29, 1.82) is 0 Å². The van der Waals surface area contributed by atoms with Crippen LogP contribution in [0.1, 0.15) is 35.6 Å². The molecule has 1 fully saturated rings. The van der Waals surface area contributed by atoms with Crippen LogP contribution in [0.2, 0.25) is 0 Å². The van der Waals surface area contributed by atoms with E-state index in [0.29, 0.717) is 6.54 Å². The van der Waals surface area contributed by atoms with Gasteiger partial charge < -0.3 is 4.74 Å². The molecule has 1 unspecified atom stereocenters. The van der Waals surface area contributed by atoms with Gasteiger partial charge in [-0.25, -0.2) is 9.97 Å². The standard InChI is InChI=1S/C24H27N3O2S/c1-3-18-8-10-19(11-9-18)23(28)17(2)30-24-20-6-4-5-7-21(20)25-22(26-24)16-27-12-14-29-15-13-27/h4-11,17H,3,12-16H2,1-2H3. The van der Waals surface area contributed by atoms with Crippen LogP contribution < -0.4 is 0 Å². The van der Waals surface area contributed by atoms with Gasteiger partial charge in [-0.2, -0.15) is 0 Å². The number of ketones is 1. The smallest absolute Gasteiger partial charge is 0.175 e. The predicted octanol–water partition coefficient (Wildman–Crippen LogP) is 4.39. The molecule has 1 aromatic heterocycles. The minimum Gasteiger partial charge on any atom is -0.379 e. The van der Waals surface area contributed by atoms with E-state index in [2.05, 4.69) is 11.8 Å². The summed E-state index contributed by atoms with van der Waals surface area (Å²) < 4.78 is 5.44. The summed E-state index contributed by atoms with van der Waals surface area (Å²) >= 11 is 1.52. The highest BCUT2D eigenvalue weighted by molar-refractivity contribution is 8.00. The second-order valence-corrected chi connectivity index (χ2v) is 8.85. The molecule has 2 aromatic carbocycles. The zero-order chi connectivity index (χ0) is 20.9. The van der Waals surface area contributed by atoms with E-state index in [1.54, 1.807) is 0 Å². The number of aromatic nitrogens is 2. The third kappa shape index (κ3) is 4.89. The average molecular weight is 422 g/mol. The Balaban J connectivity index is 1.57. The third-order valence-electron chi connectivity index (χ3n) is 5.39. The zero-order valence-electron chi connectivity index (χ0n) is 17.5. The first-order chi connectivity index (χ1) is 14.6. The summed E-state index contributed by atoms with van der Waals surface area (Å²) in [6.45, 7) is 8.05. The van der Waals surface area contributed by atoms with Gasteiger partial charge in [-0.1, -0.05) is 61.2 Å². The number of thioether (sulfide) groups is 1. The highest BCUT2D eigenvalue weighted by Crippen LogP contribution is 2.30. The Morgan fingerprint density at radius 2 is 1.83 bits per heavy atom. The number of Topliss-reactive ketones (excluding diaryl/α,β-unsaturated/α-hetero) is 1. The molecular formula is C24H27N3O2S. The Bertz CT molecular complexity index is 1020. The predicted molar refractivity (Wildman–Crippen MR) is 121 cm³/mol. The number of hydrogen-bond acceptors (Lipinski definition) is 6. The molecule has 6 heteroatoms. The molecule has 0 amide bonds. The van der Waals surface area contributed by atoms with E-state index < -0.39 is 0 Å². The van der Waals surface area contributed by atoms with Crippen LogP contribution >= 0.6 is 11.8 Å². The van der Waals surface area contributed by atoms with Crippen molar-refractivity contribution in [2.75, 3.05) is 26.3 Å². The number of morpholine rings is 1. The first-order valence-corrected chi connectivity index (χ1v) is 11.4. The van der Waals surface area contributed by atoms with Crippen LogP contribution in [-0.2, 0) is 17.7 Å². The quantitative estimate of drug-likeness (QED) is 0.320. The topological polar surface area (TPSA) is 55.3 Å². The van der Waals surface area contributed by atoms with Crippen molar-refractivity contribution in [3.63, 3.8) is 0 Å². The van der Waals surface area contributed by atoms with E-state index in [1.165, 1.54) is 17.3 Å². The maximum Gasteiger partial charge on any atom is 0.175 e. The fraction of sp³-hybridized carbons (Fsp3) is 0.375. The third-order valence-corrected chi connectivity index (χ3v) is 6.49. The largest absolute Gasteiger partial charge is 0.379 e. The Morgan fingerprint density at radius 3 is 2.57 bits per heavy atom. The summed E-state index contributed by atoms with van der Waals surface area (Å²) in [7, 11) is 0. The van der Waals surface area contributed by atoms with Gasteiger partial charge in [-0.05, 0) is 25.0 Å². The maximum absolute atomic E-state index is 13.0. The first kappa shape index (κ1) is 21.0. The molecule has 4 rings (SSSR count). The highest BCUT2D eigenvalue weighted by atomic mass is 32.2. The molecule has 1 atom stereocenters. The van der Waals surface area contributed by atoms with Crippen LogP contribution in [0.15, 0.2) is 53.6 Å². The van der Waals surface area contributed by atoms with Gasteiger partial charge in [0.2, 0.25) is 0 Å². The van der Waals surface area contributed by atoms with Crippen LogP contribution in [-0.4, -0.2) is 52.2 Å². The zero-order valence-corrected chi connectivity index (χ0v) is 18.3. The molecule has 1 saturated heterocycles. The van der Waals surface area contributed by atoms with Gasteiger partial charge in [0, 0.05) is 24.0 Å². The van der Waals surface area contributed by atoms with E-state index in [0.717, 1.165) is 60.0 Å². The molecule has 0 N–H and O–H groups in total. The normalized spacial score (nSPS) is 15.9. The molecular weight excluding hydrogens is 394 g/mol. The van der Waals surface area contributed by atoms with Crippen molar-refractivity contribution in [2.45, 2.75) is 37.1 Å². The van der Waals surface area contributed by atoms with Gasteiger partial charge in [0.25, 0.3) is 0 Å². The van der Waals surface area contributed by atoms with Gasteiger partial charge in [-0.3, -0.25) is 9.69 Å². The highest BCUT2D eigenvalue weighted by Gasteiger charge is 2.20. The minimum atomic E-state index is -0.230. The number of hydrogen-bond donors (Lipinski definition) is 0. The molecule has 0 spiro atoms. The lowest BCUT2D eigenvalue weighted by Gasteiger charge is -2.26. The maximum atomic E-state index is 13.0. The number of nitrogens with zero attached hydrogens (tertiary/aromatic N) is 3. The van der Waals surface area contributed by atoms with Gasteiger partial charge in [0.05, 0.1) is 30.5 Å². The monoisotopic (exact) mass is 421 g/mol. The van der Waals surface area contributed by atoms with Crippen molar-refractivity contribution in [2.24, 2.45) is 0 Å². The molecule has 5 nitrogen and oxygen atoms in total. The SMILES string of the molecule is CCc1ccc(C(=O)C(C)Sc2nc(CN3CCOCC3)nc3ccccc23)cc1. The van der Waals surface area contributed by atoms with Gasteiger partial charge in [0.1, 0.15) is 10.9 Å². The van der Waals surface area contributed by atoms with E-state index in [1.807, 2.05) is 55.5 Å². The lowest BCUT2D eigenvalue weighted by atomic mass is 10.1. The van der Waals surface area contributed by atoms with E-state index in [4.69, 9.17) is 14.7 Å². The summed E-state index contributed by atoms with van der Waals surface area (Å²) in [4.78, 5) is 24.9. The summed E-state index contributed by atoms with van der Waals surface area (Å²) in [5, 5.41) is 1.64. The number of para-hydroxylation sites is 1. The second-order valence-electron chi connectivity index (χ2n) is 7.53. The molecule has 3 aromatic rings. The molecule has 30 heavy (non-hydrogen) atoms. The Hall–Kier alpha value is -2.28. The van der Waals surface area contributed by atoms with Crippen LogP contribution in [0.25, 0.3) is 10.9 Å². The summed E-state index contributed by atoms with van der Waals surface area (Å²) in [5.41, 5.74) is 2.91. The fourth-order valence-corrected chi connectivity index (χ4v) is 4.61. The number of carbonyl (C=O) groups is 1. The van der Waals surface area contributed by atoms with Crippen molar-refractivity contribution in [1.82, 2.24) is 14.9 Å². The fourth-order valence-electron chi connectivity index (χ4n) is 3.57. The summed E-state index contributed by atoms with van der Waals surface area (Å²) in [5.74, 6) is 0.921. The van der Waals surface area contributed by atoms with Crippen LogP contribution in [0.3, 0.4) is 0 Å². The van der Waals surface area contributed by atoms with E-state index >= 15 is 0 Å². The molecule has 156 valence electrons. The number of carbonyl (C=O) groups excluding carboxylic acids is 1. The molecule has 0 aliphatic carbocycles. The molecule has 1 aliphatic rings. The second kappa shape index (κ2) is 9.69. The van der Waals surface area contributed by atoms with Crippen molar-refractivity contribution >= 4 is 28.4 Å². The van der Waals surface area contributed by atoms with Crippen LogP contribution in [0, 0.1) is 0 Å². The number of aryl methyl sites for hydroxylation is 1. The van der Waals surface area contributed by atoms with E-state index in [9.17, 15) is 4.79 Å². The van der Waals surface area contributed by atoms with Gasteiger partial charge >= 0.3 is 0 Å². The van der Waals surface area contributed by atoms with Crippen LogP contribution in [0.4, 0.5) is 0 Å². The Morgan fingerprint density at radius 1 is 1.10 bits per heavy atom. The molecule has 2 heterocycles. The van der Waals surface area contributed by atoms with Crippen LogP contribution in [0.5, 0.6) is 0 Å². The molecule has 0 radical (unpaired) electrons. The number of ether oxygens (including phenoxy) is 1. The summed E-state index contributed by atoms with van der Waals surface area (Å²) in [6, 6.07) is 16.0. The van der Waals surface area contributed by atoms with E-state index in [-0.39, 0.29) is 11.0 Å². The number of rotatable bonds is 7. The number of fused-ring (bicyclic) bond motifs is 1. The minimum absolute atomic E-state index is 0.125. The molecule has 0 saturated carbocycles. The average Bonchev–Trinajstić information content (AvgIpc) is 2.79. The first-order valence-electron chi connectivity index (χ1n) is 10.5. The Labute approximate surface area is 181 Å². The van der Waals surface area contributed by atoms with Crippen molar-refractivity contribution in [3.05, 3.63) is 65.5 Å². The van der Waals surface area contributed by atoms with Gasteiger partial charge in [-0.15, -0.1) is 0 Å². The number of benzene rings is 2. The van der Waals surface area contributed by atoms with Gasteiger partial charge in [0.15, 0.2) is 5.78 Å². The summed E-state index contributed by atoms with van der Waals surface area (Å²) in [6.07, 6.45) is 0.970. The lowest BCUT2D eigenvalue weighted by molar-refractivity contribution is 0.0330. The van der Waals surface area contributed by atoms with Crippen molar-refractivity contribution in [3.8, 4) is 0 Å². The van der Waals surface area contributed by atoms with Crippen molar-refractivity contribution < 1.29 is 9.53 Å². The lowest BCUT2D eigenvalue weighted by Crippen LogP contribution is -2.36.